The first-order chi connectivity index (χ1) is 6.88. The van der Waals surface area contributed by atoms with Crippen molar-refractivity contribution in [3.63, 3.8) is 0 Å². The van der Waals surface area contributed by atoms with Gasteiger partial charge in [-0.2, -0.15) is 13.2 Å². The first-order valence-electron chi connectivity index (χ1n) is 4.24. The van der Waals surface area contributed by atoms with Gasteiger partial charge < -0.3 is 11.1 Å². The molecule has 0 fully saturated rings. The number of benzene rings is 1. The lowest BCUT2D eigenvalue weighted by atomic mass is 10.2. The highest BCUT2D eigenvalue weighted by Gasteiger charge is 2.26. The third kappa shape index (κ3) is 4.42. The zero-order valence-corrected chi connectivity index (χ0v) is 9.32. The lowest BCUT2D eigenvalue weighted by Gasteiger charge is -2.11. The molecule has 6 heteroatoms. The van der Waals surface area contributed by atoms with Gasteiger partial charge in [0.15, 0.2) is 0 Å². The summed E-state index contributed by atoms with van der Waals surface area (Å²) in [5.74, 6) is 0. The molecule has 0 radical (unpaired) electrons. The van der Waals surface area contributed by atoms with Crippen molar-refractivity contribution in [1.29, 1.82) is 0 Å². The third-order valence-electron chi connectivity index (χ3n) is 1.74. The second-order valence-electron chi connectivity index (χ2n) is 3.02. The Morgan fingerprint density at radius 3 is 2.60 bits per heavy atom. The molecule has 2 nitrogen and oxygen atoms in total. The van der Waals surface area contributed by atoms with Gasteiger partial charge in [-0.3, -0.25) is 0 Å². The van der Waals surface area contributed by atoms with E-state index < -0.39 is 12.6 Å². The van der Waals surface area contributed by atoms with Crippen LogP contribution in [0.25, 0.3) is 0 Å². The highest BCUT2D eigenvalue weighted by molar-refractivity contribution is 9.10. The van der Waals surface area contributed by atoms with Crippen molar-refractivity contribution in [1.82, 2.24) is 0 Å². The van der Waals surface area contributed by atoms with Gasteiger partial charge in [-0.1, -0.05) is 15.9 Å². The molecule has 0 saturated heterocycles. The van der Waals surface area contributed by atoms with E-state index in [-0.39, 0.29) is 6.54 Å². The van der Waals surface area contributed by atoms with Crippen molar-refractivity contribution in [3.05, 3.63) is 22.7 Å². The molecule has 0 amide bonds. The molecule has 0 heterocycles. The summed E-state index contributed by atoms with van der Waals surface area (Å²) in [6.45, 7) is -0.176. The third-order valence-corrected chi connectivity index (χ3v) is 2.23. The topological polar surface area (TPSA) is 38.0 Å². The molecule has 0 aliphatic carbocycles. The smallest absolute Gasteiger partial charge is 0.390 e. The van der Waals surface area contributed by atoms with E-state index in [0.29, 0.717) is 11.4 Å². The fourth-order valence-corrected chi connectivity index (χ4v) is 1.38. The average molecular weight is 283 g/mol. The van der Waals surface area contributed by atoms with Crippen LogP contribution in [0.5, 0.6) is 0 Å². The van der Waals surface area contributed by atoms with Gasteiger partial charge in [-0.15, -0.1) is 0 Å². The Kier molecular flexibility index (Phi) is 3.84. The van der Waals surface area contributed by atoms with E-state index in [9.17, 15) is 13.2 Å². The van der Waals surface area contributed by atoms with Crippen molar-refractivity contribution < 1.29 is 13.2 Å². The standard InChI is InChI=1S/C9H10BrF3N2/c10-6-1-2-7(14)8(5-6)15-4-3-9(11,12)13/h1-2,5,15H,3-4,14H2. The molecule has 1 aromatic carbocycles. The van der Waals surface area contributed by atoms with Gasteiger partial charge in [-0.05, 0) is 18.2 Å². The summed E-state index contributed by atoms with van der Waals surface area (Å²) < 4.78 is 36.3. The Labute approximate surface area is 93.8 Å². The number of halogens is 4. The van der Waals surface area contributed by atoms with Crippen LogP contribution in [-0.4, -0.2) is 12.7 Å². The predicted molar refractivity (Wildman–Crippen MR) is 57.7 cm³/mol. The highest BCUT2D eigenvalue weighted by atomic mass is 79.9. The fourth-order valence-electron chi connectivity index (χ4n) is 1.02. The van der Waals surface area contributed by atoms with E-state index >= 15 is 0 Å². The number of rotatable bonds is 3. The van der Waals surface area contributed by atoms with Crippen molar-refractivity contribution in [3.8, 4) is 0 Å². The molecule has 0 bridgehead atoms. The molecule has 0 atom stereocenters. The van der Waals surface area contributed by atoms with Crippen LogP contribution in [-0.2, 0) is 0 Å². The summed E-state index contributed by atoms with van der Waals surface area (Å²) >= 11 is 3.21. The Morgan fingerprint density at radius 2 is 2.00 bits per heavy atom. The van der Waals surface area contributed by atoms with Crippen molar-refractivity contribution in [2.75, 3.05) is 17.6 Å². The maximum Gasteiger partial charge on any atom is 0.390 e. The molecule has 3 N–H and O–H groups in total. The zero-order chi connectivity index (χ0) is 11.5. The van der Waals surface area contributed by atoms with E-state index in [4.69, 9.17) is 5.73 Å². The summed E-state index contributed by atoms with van der Waals surface area (Å²) in [4.78, 5) is 0. The Bertz CT molecular complexity index is 339. The zero-order valence-electron chi connectivity index (χ0n) is 7.74. The largest absolute Gasteiger partial charge is 0.397 e. The average Bonchev–Trinajstić information content (AvgIpc) is 2.09. The normalized spacial score (nSPS) is 11.5. The molecule has 1 aromatic rings. The van der Waals surface area contributed by atoms with Gasteiger partial charge in [0.1, 0.15) is 0 Å². The number of nitrogens with one attached hydrogen (secondary N) is 1. The predicted octanol–water partition coefficient (Wildman–Crippen LogP) is 3.40. The van der Waals surface area contributed by atoms with Gasteiger partial charge >= 0.3 is 6.18 Å². The summed E-state index contributed by atoms with van der Waals surface area (Å²) in [5.41, 5.74) is 6.51. The van der Waals surface area contributed by atoms with Crippen LogP contribution in [0.4, 0.5) is 24.5 Å². The minimum Gasteiger partial charge on any atom is -0.397 e. The molecular formula is C9H10BrF3N2. The van der Waals surface area contributed by atoms with Gasteiger partial charge in [-0.25, -0.2) is 0 Å². The number of hydrogen-bond acceptors (Lipinski definition) is 2. The number of alkyl halides is 3. The van der Waals surface area contributed by atoms with Crippen LogP contribution < -0.4 is 11.1 Å². The number of nitrogen functional groups attached to an aromatic ring is 1. The Hall–Kier alpha value is -0.910. The lowest BCUT2D eigenvalue weighted by molar-refractivity contribution is -0.131. The fraction of sp³-hybridized carbons (Fsp3) is 0.333. The monoisotopic (exact) mass is 282 g/mol. The van der Waals surface area contributed by atoms with Crippen LogP contribution in [0.15, 0.2) is 22.7 Å². The first-order valence-corrected chi connectivity index (χ1v) is 5.03. The van der Waals surface area contributed by atoms with Crippen LogP contribution in [0.1, 0.15) is 6.42 Å². The number of hydrogen-bond donors (Lipinski definition) is 2. The van der Waals surface area contributed by atoms with E-state index in [1.807, 2.05) is 0 Å². The SMILES string of the molecule is Nc1ccc(Br)cc1NCCC(F)(F)F. The minimum atomic E-state index is -4.15. The maximum absolute atomic E-state index is 11.9. The molecule has 0 aliphatic rings. The number of anilines is 2. The van der Waals surface area contributed by atoms with Crippen LogP contribution in [0, 0.1) is 0 Å². The Morgan fingerprint density at radius 1 is 1.33 bits per heavy atom. The van der Waals surface area contributed by atoms with Crippen LogP contribution in [0.2, 0.25) is 0 Å². The van der Waals surface area contributed by atoms with E-state index in [1.165, 1.54) is 0 Å². The Balaban J connectivity index is 2.54. The lowest BCUT2D eigenvalue weighted by Crippen LogP contribution is -2.15. The van der Waals surface area contributed by atoms with Crippen LogP contribution in [0.3, 0.4) is 0 Å². The maximum atomic E-state index is 11.9. The highest BCUT2D eigenvalue weighted by Crippen LogP contribution is 2.24. The molecular weight excluding hydrogens is 273 g/mol. The van der Waals surface area contributed by atoms with E-state index in [1.54, 1.807) is 18.2 Å². The second kappa shape index (κ2) is 4.74. The molecule has 0 saturated carbocycles. The molecule has 0 aromatic heterocycles. The summed E-state index contributed by atoms with van der Waals surface area (Å²) in [5, 5.41) is 2.64. The summed E-state index contributed by atoms with van der Waals surface area (Å²) in [6.07, 6.45) is -5.02. The van der Waals surface area contributed by atoms with Gasteiger partial charge in [0, 0.05) is 11.0 Å². The quantitative estimate of drug-likeness (QED) is 0.834. The van der Waals surface area contributed by atoms with Crippen molar-refractivity contribution in [2.45, 2.75) is 12.6 Å². The second-order valence-corrected chi connectivity index (χ2v) is 3.94. The first kappa shape index (κ1) is 12.2. The molecule has 0 unspecified atom stereocenters. The summed E-state index contributed by atoms with van der Waals surface area (Å²) in [6, 6.07) is 5.00. The molecule has 84 valence electrons. The van der Waals surface area contributed by atoms with Gasteiger partial charge in [0.25, 0.3) is 0 Å². The van der Waals surface area contributed by atoms with Crippen molar-refractivity contribution >= 4 is 27.3 Å². The van der Waals surface area contributed by atoms with Gasteiger partial charge in [0.2, 0.25) is 0 Å². The van der Waals surface area contributed by atoms with Crippen molar-refractivity contribution in [2.24, 2.45) is 0 Å². The van der Waals surface area contributed by atoms with Crippen LogP contribution >= 0.6 is 15.9 Å². The number of nitrogens with two attached hydrogens (primary N) is 1. The van der Waals surface area contributed by atoms with E-state index in [0.717, 1.165) is 4.47 Å². The minimum absolute atomic E-state index is 0.176. The summed E-state index contributed by atoms with van der Waals surface area (Å²) in [7, 11) is 0. The molecule has 0 aliphatic heterocycles. The molecule has 15 heavy (non-hydrogen) atoms. The molecule has 0 spiro atoms. The molecule has 1 rings (SSSR count). The van der Waals surface area contributed by atoms with Gasteiger partial charge in [0.05, 0.1) is 17.8 Å². The van der Waals surface area contributed by atoms with E-state index in [2.05, 4.69) is 21.2 Å².